The summed E-state index contributed by atoms with van der Waals surface area (Å²) in [6.45, 7) is 5.98. The van der Waals surface area contributed by atoms with Gasteiger partial charge >= 0.3 is 21.7 Å². The Morgan fingerprint density at radius 2 is 1.86 bits per heavy atom. The summed E-state index contributed by atoms with van der Waals surface area (Å²) in [5.41, 5.74) is -6.30. The highest BCUT2D eigenvalue weighted by molar-refractivity contribution is 7.87. The Morgan fingerprint density at radius 3 is 2.29 bits per heavy atom. The highest BCUT2D eigenvalue weighted by atomic mass is 32.2. The van der Waals surface area contributed by atoms with Crippen molar-refractivity contribution in [2.24, 2.45) is 0 Å². The van der Waals surface area contributed by atoms with E-state index in [9.17, 15) is 26.4 Å². The number of carbonyl (C=O) groups is 1. The third kappa shape index (κ3) is 4.51. The fraction of sp³-hybridized carbons (Fsp3) is 0.727. The molecule has 0 saturated heterocycles. The van der Waals surface area contributed by atoms with Crippen LogP contribution in [0.2, 0.25) is 0 Å². The average Bonchev–Trinajstić information content (AvgIpc) is 2.54. The smallest absolute Gasteiger partial charge is 0.444 e. The number of alkyl halides is 3. The van der Waals surface area contributed by atoms with Crippen molar-refractivity contribution in [3.63, 3.8) is 0 Å². The molecule has 0 aromatic rings. The van der Waals surface area contributed by atoms with Crippen molar-refractivity contribution in [2.75, 3.05) is 6.54 Å². The summed E-state index contributed by atoms with van der Waals surface area (Å²) < 4.78 is 67.5. The largest absolute Gasteiger partial charge is 0.534 e. The molecule has 0 saturated carbocycles. The fourth-order valence-electron chi connectivity index (χ4n) is 1.52. The minimum Gasteiger partial charge on any atom is -0.444 e. The van der Waals surface area contributed by atoms with Crippen LogP contribution in [0.3, 0.4) is 0 Å². The molecule has 1 aliphatic heterocycles. The second-order valence-electron chi connectivity index (χ2n) is 5.47. The Kier molecular flexibility index (Phi) is 4.52. The van der Waals surface area contributed by atoms with Gasteiger partial charge in [-0.3, -0.25) is 4.90 Å². The molecule has 1 heterocycles. The second-order valence-corrected chi connectivity index (χ2v) is 7.00. The van der Waals surface area contributed by atoms with Gasteiger partial charge in [0.15, 0.2) is 0 Å². The number of hydrogen-bond acceptors (Lipinski definition) is 5. The highest BCUT2D eigenvalue weighted by Gasteiger charge is 2.49. The molecule has 0 aromatic carbocycles. The van der Waals surface area contributed by atoms with Crippen LogP contribution in [0.15, 0.2) is 11.8 Å². The number of hydrogen-bond donors (Lipinski definition) is 0. The molecule has 1 aliphatic rings. The quantitative estimate of drug-likeness (QED) is 0.574. The lowest BCUT2D eigenvalue weighted by molar-refractivity contribution is -0.0523. The van der Waals surface area contributed by atoms with Gasteiger partial charge in [0.05, 0.1) is 12.6 Å². The summed E-state index contributed by atoms with van der Waals surface area (Å²) in [7, 11) is -5.74. The maximum atomic E-state index is 12.2. The van der Waals surface area contributed by atoms with Crippen LogP contribution in [0, 0.1) is 0 Å². The molecule has 10 heteroatoms. The van der Waals surface area contributed by atoms with Crippen LogP contribution in [0.5, 0.6) is 0 Å². The van der Waals surface area contributed by atoms with Crippen LogP contribution in [-0.4, -0.2) is 43.1 Å². The number of amides is 1. The molecule has 0 fully saturated rings. The molecular weight excluding hydrogens is 315 g/mol. The first-order chi connectivity index (χ1) is 9.23. The number of ether oxygens (including phenoxy) is 1. The zero-order chi connectivity index (χ0) is 16.6. The van der Waals surface area contributed by atoms with Crippen molar-refractivity contribution in [3.8, 4) is 0 Å². The maximum absolute atomic E-state index is 12.2. The second kappa shape index (κ2) is 5.39. The van der Waals surface area contributed by atoms with Gasteiger partial charge in [0.2, 0.25) is 0 Å². The standard InChI is InChI=1S/C11H16F3NO5S/c1-7-5-8(20-21(17,18)11(12,13)14)6-15(7)9(16)19-10(2,3)4/h5,7H,6H2,1-4H3. The zero-order valence-electron chi connectivity index (χ0n) is 11.9. The van der Waals surface area contributed by atoms with Gasteiger partial charge in [-0.05, 0) is 33.8 Å². The summed E-state index contributed by atoms with van der Waals surface area (Å²) in [5, 5.41) is 0. The Bertz CT molecular complexity index is 547. The molecular formula is C11H16F3NO5S. The molecule has 0 spiro atoms. The van der Waals surface area contributed by atoms with Crippen molar-refractivity contribution in [1.29, 1.82) is 0 Å². The Labute approximate surface area is 120 Å². The lowest BCUT2D eigenvalue weighted by atomic mass is 10.2. The molecule has 1 rings (SSSR count). The van der Waals surface area contributed by atoms with Crippen molar-refractivity contribution in [2.45, 2.75) is 44.8 Å². The van der Waals surface area contributed by atoms with Crippen molar-refractivity contribution in [3.05, 3.63) is 11.8 Å². The van der Waals surface area contributed by atoms with Gasteiger partial charge in [0, 0.05) is 0 Å². The summed E-state index contributed by atoms with van der Waals surface area (Å²) >= 11 is 0. The molecule has 1 atom stereocenters. The van der Waals surface area contributed by atoms with Crippen molar-refractivity contribution >= 4 is 16.2 Å². The normalized spacial score (nSPS) is 20.2. The van der Waals surface area contributed by atoms with E-state index in [2.05, 4.69) is 4.18 Å². The van der Waals surface area contributed by atoms with Crippen LogP contribution >= 0.6 is 0 Å². The zero-order valence-corrected chi connectivity index (χ0v) is 12.7. The van der Waals surface area contributed by atoms with E-state index in [1.807, 2.05) is 0 Å². The highest BCUT2D eigenvalue weighted by Crippen LogP contribution is 2.29. The predicted molar refractivity (Wildman–Crippen MR) is 66.5 cm³/mol. The maximum Gasteiger partial charge on any atom is 0.534 e. The molecule has 0 radical (unpaired) electrons. The van der Waals surface area contributed by atoms with Crippen LogP contribution in [-0.2, 0) is 19.0 Å². The van der Waals surface area contributed by atoms with E-state index >= 15 is 0 Å². The Balaban J connectivity index is 2.77. The van der Waals surface area contributed by atoms with E-state index in [1.54, 1.807) is 20.8 Å². The van der Waals surface area contributed by atoms with Gasteiger partial charge in [-0.2, -0.15) is 21.6 Å². The minimum atomic E-state index is -5.74. The van der Waals surface area contributed by atoms with Crippen LogP contribution < -0.4 is 0 Å². The molecule has 0 N–H and O–H groups in total. The summed E-state index contributed by atoms with van der Waals surface area (Å²) in [4.78, 5) is 12.9. The summed E-state index contributed by atoms with van der Waals surface area (Å²) in [6.07, 6.45) is 0.349. The number of carbonyl (C=O) groups excluding carboxylic acids is 1. The van der Waals surface area contributed by atoms with E-state index in [0.29, 0.717) is 0 Å². The SMILES string of the molecule is CC1C=C(OS(=O)(=O)C(F)(F)F)CN1C(=O)OC(C)(C)C. The van der Waals surface area contributed by atoms with E-state index in [4.69, 9.17) is 4.74 Å². The van der Waals surface area contributed by atoms with Gasteiger partial charge in [0.25, 0.3) is 0 Å². The summed E-state index contributed by atoms with van der Waals surface area (Å²) in [5.74, 6) is -0.467. The third-order valence-electron chi connectivity index (χ3n) is 2.37. The van der Waals surface area contributed by atoms with E-state index in [-0.39, 0.29) is 0 Å². The van der Waals surface area contributed by atoms with Crippen molar-refractivity contribution < 1.29 is 35.3 Å². The number of rotatable bonds is 2. The Hall–Kier alpha value is -1.45. The molecule has 122 valence electrons. The van der Waals surface area contributed by atoms with Crippen LogP contribution in [0.4, 0.5) is 18.0 Å². The first-order valence-corrected chi connectivity index (χ1v) is 7.35. The van der Waals surface area contributed by atoms with Gasteiger partial charge in [-0.1, -0.05) is 0 Å². The first kappa shape index (κ1) is 17.6. The minimum absolute atomic E-state index is 0.411. The third-order valence-corrected chi connectivity index (χ3v) is 3.37. The lowest BCUT2D eigenvalue weighted by Gasteiger charge is -2.26. The van der Waals surface area contributed by atoms with Crippen LogP contribution in [0.1, 0.15) is 27.7 Å². The monoisotopic (exact) mass is 331 g/mol. The van der Waals surface area contributed by atoms with Gasteiger partial charge in [-0.25, -0.2) is 4.79 Å². The van der Waals surface area contributed by atoms with E-state index in [0.717, 1.165) is 11.0 Å². The average molecular weight is 331 g/mol. The summed E-state index contributed by atoms with van der Waals surface area (Å²) in [6, 6.07) is -0.640. The topological polar surface area (TPSA) is 72.9 Å². The van der Waals surface area contributed by atoms with Gasteiger partial charge < -0.3 is 8.92 Å². The van der Waals surface area contributed by atoms with E-state index in [1.165, 1.54) is 6.92 Å². The molecule has 0 aromatic heterocycles. The molecule has 6 nitrogen and oxygen atoms in total. The molecule has 0 aliphatic carbocycles. The van der Waals surface area contributed by atoms with Gasteiger partial charge in [0.1, 0.15) is 11.4 Å². The molecule has 21 heavy (non-hydrogen) atoms. The molecule has 1 amide bonds. The van der Waals surface area contributed by atoms with Crippen molar-refractivity contribution in [1.82, 2.24) is 4.90 Å². The predicted octanol–water partition coefficient (Wildman–Crippen LogP) is 2.38. The van der Waals surface area contributed by atoms with Crippen LogP contribution in [0.25, 0.3) is 0 Å². The number of halogens is 3. The first-order valence-electron chi connectivity index (χ1n) is 5.94. The number of nitrogens with zero attached hydrogens (tertiary/aromatic N) is 1. The fourth-order valence-corrected chi connectivity index (χ4v) is 2.00. The lowest BCUT2D eigenvalue weighted by Crippen LogP contribution is -2.39. The Morgan fingerprint density at radius 1 is 1.33 bits per heavy atom. The van der Waals surface area contributed by atoms with E-state index < -0.39 is 45.7 Å². The van der Waals surface area contributed by atoms with Gasteiger partial charge in [-0.15, -0.1) is 0 Å². The molecule has 0 bridgehead atoms. The molecule has 1 unspecified atom stereocenters.